The van der Waals surface area contributed by atoms with Crippen LogP contribution in [0.4, 0.5) is 4.39 Å². The highest BCUT2D eigenvalue weighted by Gasteiger charge is 2.09. The van der Waals surface area contributed by atoms with Gasteiger partial charge in [0.05, 0.1) is 0 Å². The van der Waals surface area contributed by atoms with Gasteiger partial charge in [0.1, 0.15) is 5.82 Å². The second-order valence-electron chi connectivity index (χ2n) is 3.12. The first-order valence-corrected chi connectivity index (χ1v) is 4.60. The molecular weight excluding hydrogens is 189 g/mol. The van der Waals surface area contributed by atoms with Crippen LogP contribution in [-0.2, 0) is 6.42 Å². The summed E-state index contributed by atoms with van der Waals surface area (Å²) in [6.07, 6.45) is 0.669. The summed E-state index contributed by atoms with van der Waals surface area (Å²) in [7, 11) is 0. The first-order valence-electron chi connectivity index (χ1n) is 4.22. The van der Waals surface area contributed by atoms with E-state index in [0.717, 1.165) is 11.1 Å². The van der Waals surface area contributed by atoms with E-state index < -0.39 is 0 Å². The van der Waals surface area contributed by atoms with Gasteiger partial charge in [-0.05, 0) is 44.0 Å². The summed E-state index contributed by atoms with van der Waals surface area (Å²) >= 11 is 5.94. The molecule has 1 nitrogen and oxygen atoms in total. The number of benzene rings is 1. The third-order valence-corrected chi connectivity index (χ3v) is 2.78. The van der Waals surface area contributed by atoms with Crippen LogP contribution in [0.2, 0.25) is 5.02 Å². The first-order chi connectivity index (χ1) is 6.07. The van der Waals surface area contributed by atoms with E-state index in [2.05, 4.69) is 0 Å². The van der Waals surface area contributed by atoms with Gasteiger partial charge in [-0.25, -0.2) is 4.39 Å². The number of hydrogen-bond donors (Lipinski definition) is 1. The van der Waals surface area contributed by atoms with Crippen LogP contribution in [0.25, 0.3) is 0 Å². The van der Waals surface area contributed by atoms with Crippen LogP contribution in [0.1, 0.15) is 16.7 Å². The van der Waals surface area contributed by atoms with Crippen molar-refractivity contribution in [3.05, 3.63) is 33.6 Å². The standard InChI is InChI=1S/C10H13ClFN/c1-6-8(3-4-13)5-9(12)7(2)10(6)11/h5H,3-4,13H2,1-2H3. The summed E-state index contributed by atoms with van der Waals surface area (Å²) in [5.41, 5.74) is 7.75. The molecule has 0 saturated heterocycles. The van der Waals surface area contributed by atoms with Gasteiger partial charge < -0.3 is 5.73 Å². The lowest BCUT2D eigenvalue weighted by molar-refractivity contribution is 0.615. The van der Waals surface area contributed by atoms with Gasteiger partial charge in [0.25, 0.3) is 0 Å². The van der Waals surface area contributed by atoms with Crippen LogP contribution in [0.5, 0.6) is 0 Å². The highest BCUT2D eigenvalue weighted by molar-refractivity contribution is 6.32. The maximum absolute atomic E-state index is 13.2. The molecule has 2 N–H and O–H groups in total. The van der Waals surface area contributed by atoms with E-state index >= 15 is 0 Å². The van der Waals surface area contributed by atoms with Gasteiger partial charge in [-0.15, -0.1) is 0 Å². The second-order valence-corrected chi connectivity index (χ2v) is 3.50. The molecule has 0 saturated carbocycles. The lowest BCUT2D eigenvalue weighted by Crippen LogP contribution is -2.05. The Kier molecular flexibility index (Phi) is 3.28. The highest BCUT2D eigenvalue weighted by atomic mass is 35.5. The Bertz CT molecular complexity index is 323. The molecule has 0 aliphatic rings. The van der Waals surface area contributed by atoms with Gasteiger partial charge in [0.15, 0.2) is 0 Å². The van der Waals surface area contributed by atoms with Crippen molar-refractivity contribution in [2.24, 2.45) is 5.73 Å². The third-order valence-electron chi connectivity index (χ3n) is 2.21. The van der Waals surface area contributed by atoms with E-state index in [-0.39, 0.29) is 5.82 Å². The van der Waals surface area contributed by atoms with Gasteiger partial charge in [-0.2, -0.15) is 0 Å². The number of nitrogens with two attached hydrogens (primary N) is 1. The lowest BCUT2D eigenvalue weighted by atomic mass is 10.0. The molecule has 0 fully saturated rings. The van der Waals surface area contributed by atoms with Gasteiger partial charge >= 0.3 is 0 Å². The molecule has 0 unspecified atom stereocenters. The molecule has 1 rings (SSSR count). The Morgan fingerprint density at radius 3 is 2.54 bits per heavy atom. The van der Waals surface area contributed by atoms with Gasteiger partial charge in [0.2, 0.25) is 0 Å². The molecule has 0 heterocycles. The molecule has 1 aromatic carbocycles. The van der Waals surface area contributed by atoms with Crippen LogP contribution in [-0.4, -0.2) is 6.54 Å². The zero-order chi connectivity index (χ0) is 10.0. The Morgan fingerprint density at radius 2 is 2.00 bits per heavy atom. The summed E-state index contributed by atoms with van der Waals surface area (Å²) in [5, 5.41) is 0.517. The fourth-order valence-electron chi connectivity index (χ4n) is 1.31. The Morgan fingerprint density at radius 1 is 1.38 bits per heavy atom. The van der Waals surface area contributed by atoms with E-state index in [1.54, 1.807) is 6.92 Å². The zero-order valence-electron chi connectivity index (χ0n) is 7.82. The monoisotopic (exact) mass is 201 g/mol. The molecular formula is C10H13ClFN. The van der Waals surface area contributed by atoms with E-state index in [1.165, 1.54) is 6.07 Å². The molecule has 0 aliphatic carbocycles. The summed E-state index contributed by atoms with van der Waals surface area (Å²) < 4.78 is 13.2. The van der Waals surface area contributed by atoms with Gasteiger partial charge in [0, 0.05) is 10.6 Å². The minimum atomic E-state index is -0.251. The normalized spacial score (nSPS) is 10.5. The predicted octanol–water partition coefficient (Wildman–Crippen LogP) is 2.60. The minimum Gasteiger partial charge on any atom is -0.330 e. The van der Waals surface area contributed by atoms with Crippen molar-refractivity contribution in [2.45, 2.75) is 20.3 Å². The summed E-state index contributed by atoms with van der Waals surface area (Å²) in [6.45, 7) is 4.08. The molecule has 72 valence electrons. The second kappa shape index (κ2) is 4.07. The number of hydrogen-bond acceptors (Lipinski definition) is 1. The maximum atomic E-state index is 13.2. The minimum absolute atomic E-state index is 0.251. The molecule has 1 aromatic rings. The molecule has 0 aromatic heterocycles. The fourth-order valence-corrected chi connectivity index (χ4v) is 1.52. The first kappa shape index (κ1) is 10.5. The maximum Gasteiger partial charge on any atom is 0.127 e. The number of rotatable bonds is 2. The lowest BCUT2D eigenvalue weighted by Gasteiger charge is -2.09. The van der Waals surface area contributed by atoms with Crippen LogP contribution < -0.4 is 5.73 Å². The molecule has 0 atom stereocenters. The predicted molar refractivity (Wildman–Crippen MR) is 53.6 cm³/mol. The highest BCUT2D eigenvalue weighted by Crippen LogP contribution is 2.26. The topological polar surface area (TPSA) is 26.0 Å². The summed E-state index contributed by atoms with van der Waals surface area (Å²) in [6, 6.07) is 1.52. The van der Waals surface area contributed by atoms with Crippen molar-refractivity contribution < 1.29 is 4.39 Å². The number of halogens is 2. The van der Waals surface area contributed by atoms with Gasteiger partial charge in [-0.3, -0.25) is 0 Å². The molecule has 0 aliphatic heterocycles. The zero-order valence-corrected chi connectivity index (χ0v) is 8.58. The molecule has 0 spiro atoms. The summed E-state index contributed by atoms with van der Waals surface area (Å²) in [5.74, 6) is -0.251. The summed E-state index contributed by atoms with van der Waals surface area (Å²) in [4.78, 5) is 0. The molecule has 3 heteroatoms. The molecule has 0 radical (unpaired) electrons. The Balaban J connectivity index is 3.24. The van der Waals surface area contributed by atoms with Crippen molar-refractivity contribution in [1.82, 2.24) is 0 Å². The van der Waals surface area contributed by atoms with Crippen molar-refractivity contribution in [2.75, 3.05) is 6.54 Å². The Labute approximate surface area is 82.7 Å². The molecule has 0 amide bonds. The average molecular weight is 202 g/mol. The van der Waals surface area contributed by atoms with Crippen molar-refractivity contribution in [3.8, 4) is 0 Å². The van der Waals surface area contributed by atoms with Crippen LogP contribution in [0.15, 0.2) is 6.07 Å². The van der Waals surface area contributed by atoms with E-state index in [4.69, 9.17) is 17.3 Å². The van der Waals surface area contributed by atoms with E-state index in [9.17, 15) is 4.39 Å². The SMILES string of the molecule is Cc1c(F)cc(CCN)c(C)c1Cl. The molecule has 0 bridgehead atoms. The van der Waals surface area contributed by atoms with Crippen LogP contribution in [0, 0.1) is 19.7 Å². The van der Waals surface area contributed by atoms with E-state index in [1.807, 2.05) is 6.92 Å². The van der Waals surface area contributed by atoms with Crippen LogP contribution >= 0.6 is 11.6 Å². The fraction of sp³-hybridized carbons (Fsp3) is 0.400. The van der Waals surface area contributed by atoms with Crippen LogP contribution in [0.3, 0.4) is 0 Å². The van der Waals surface area contributed by atoms with Crippen molar-refractivity contribution in [3.63, 3.8) is 0 Å². The van der Waals surface area contributed by atoms with E-state index in [0.29, 0.717) is 23.6 Å². The van der Waals surface area contributed by atoms with Crippen molar-refractivity contribution >= 4 is 11.6 Å². The van der Waals surface area contributed by atoms with Gasteiger partial charge in [-0.1, -0.05) is 11.6 Å². The quantitative estimate of drug-likeness (QED) is 0.782. The average Bonchev–Trinajstić information content (AvgIpc) is 2.11. The molecule has 13 heavy (non-hydrogen) atoms. The van der Waals surface area contributed by atoms with Crippen molar-refractivity contribution in [1.29, 1.82) is 0 Å². The largest absolute Gasteiger partial charge is 0.330 e. The third kappa shape index (κ3) is 2.01. The Hall–Kier alpha value is -0.600. The smallest absolute Gasteiger partial charge is 0.127 e.